The van der Waals surface area contributed by atoms with Gasteiger partial charge in [-0.3, -0.25) is 0 Å². The molecule has 24 heavy (non-hydrogen) atoms. The van der Waals surface area contributed by atoms with Crippen LogP contribution in [-0.4, -0.2) is 11.6 Å². The minimum atomic E-state index is -0.181. The molecule has 5 heteroatoms. The first-order valence-corrected chi connectivity index (χ1v) is 8.70. The first kappa shape index (κ1) is 16.6. The molecular formula is C19H19FN2OS. The van der Waals surface area contributed by atoms with E-state index in [0.29, 0.717) is 25.3 Å². The summed E-state index contributed by atoms with van der Waals surface area (Å²) in [7, 11) is 0. The summed E-state index contributed by atoms with van der Waals surface area (Å²) in [5.41, 5.74) is 1.79. The molecule has 0 aliphatic heterocycles. The minimum Gasteiger partial charge on any atom is -0.494 e. The second-order valence-electron chi connectivity index (χ2n) is 5.27. The number of nitrogens with one attached hydrogen (secondary N) is 1. The normalized spacial score (nSPS) is 10.8. The molecule has 0 aliphatic carbocycles. The van der Waals surface area contributed by atoms with E-state index in [0.717, 1.165) is 21.2 Å². The molecule has 3 aromatic rings. The topological polar surface area (TPSA) is 34.1 Å². The number of nitrogens with zero attached hydrogens (tertiary/aromatic N) is 1. The summed E-state index contributed by atoms with van der Waals surface area (Å²) in [5.74, 6) is 0.691. The van der Waals surface area contributed by atoms with Crippen molar-refractivity contribution in [1.29, 1.82) is 0 Å². The van der Waals surface area contributed by atoms with Crippen molar-refractivity contribution in [2.45, 2.75) is 20.0 Å². The van der Waals surface area contributed by atoms with Crippen molar-refractivity contribution < 1.29 is 9.13 Å². The van der Waals surface area contributed by atoms with Crippen LogP contribution in [0.1, 0.15) is 17.5 Å². The summed E-state index contributed by atoms with van der Waals surface area (Å²) < 4.78 is 19.0. The zero-order valence-electron chi connectivity index (χ0n) is 13.5. The van der Waals surface area contributed by atoms with E-state index in [-0.39, 0.29) is 5.82 Å². The molecule has 124 valence electrons. The van der Waals surface area contributed by atoms with Crippen LogP contribution < -0.4 is 10.1 Å². The molecule has 0 fully saturated rings. The van der Waals surface area contributed by atoms with Gasteiger partial charge in [0.1, 0.15) is 16.6 Å². The number of ether oxygens (including phenoxy) is 1. The van der Waals surface area contributed by atoms with Crippen LogP contribution in [0.4, 0.5) is 4.39 Å². The number of halogens is 1. The van der Waals surface area contributed by atoms with Crippen LogP contribution >= 0.6 is 11.3 Å². The Kier molecular flexibility index (Phi) is 5.56. The summed E-state index contributed by atoms with van der Waals surface area (Å²) >= 11 is 1.64. The maximum atomic E-state index is 13.6. The van der Waals surface area contributed by atoms with Crippen LogP contribution in [0.15, 0.2) is 54.7 Å². The van der Waals surface area contributed by atoms with E-state index >= 15 is 0 Å². The number of hydrogen-bond donors (Lipinski definition) is 1. The largest absolute Gasteiger partial charge is 0.494 e. The summed E-state index contributed by atoms with van der Waals surface area (Å²) in [6.07, 6.45) is 1.88. The maximum absolute atomic E-state index is 13.6. The molecule has 1 heterocycles. The molecule has 3 nitrogen and oxygen atoms in total. The number of rotatable bonds is 7. The third-order valence-electron chi connectivity index (χ3n) is 3.55. The van der Waals surface area contributed by atoms with Crippen molar-refractivity contribution in [2.24, 2.45) is 0 Å². The third-order valence-corrected chi connectivity index (χ3v) is 4.60. The van der Waals surface area contributed by atoms with Crippen LogP contribution in [0.3, 0.4) is 0 Å². The zero-order chi connectivity index (χ0) is 16.8. The van der Waals surface area contributed by atoms with Gasteiger partial charge in [-0.05, 0) is 42.8 Å². The molecule has 0 amide bonds. The smallest absolute Gasteiger partial charge is 0.127 e. The Morgan fingerprint density at radius 1 is 1.08 bits per heavy atom. The number of hydrogen-bond acceptors (Lipinski definition) is 4. The lowest BCUT2D eigenvalue weighted by Crippen LogP contribution is -2.13. The highest BCUT2D eigenvalue weighted by atomic mass is 32.1. The molecule has 0 aliphatic rings. The van der Waals surface area contributed by atoms with Gasteiger partial charge in [-0.15, -0.1) is 11.3 Å². The lowest BCUT2D eigenvalue weighted by molar-refractivity contribution is 0.340. The molecule has 1 aromatic heterocycles. The third kappa shape index (κ3) is 4.19. The molecule has 0 atom stereocenters. The van der Waals surface area contributed by atoms with E-state index in [1.165, 1.54) is 6.07 Å². The van der Waals surface area contributed by atoms with Crippen molar-refractivity contribution >= 4 is 11.3 Å². The van der Waals surface area contributed by atoms with Crippen molar-refractivity contribution in [3.63, 3.8) is 0 Å². The standard InChI is InChI=1S/C19H19FN2OS/c1-2-23-16-9-7-14(8-10-16)18-12-22-19(24-18)13-21-11-15-5-3-4-6-17(15)20/h3-10,12,21H,2,11,13H2,1H3. The van der Waals surface area contributed by atoms with Crippen LogP contribution in [-0.2, 0) is 13.1 Å². The summed E-state index contributed by atoms with van der Waals surface area (Å²) in [4.78, 5) is 5.55. The first-order chi connectivity index (χ1) is 11.8. The number of thiazole rings is 1. The molecule has 3 rings (SSSR count). The van der Waals surface area contributed by atoms with Crippen molar-refractivity contribution in [3.05, 3.63) is 71.1 Å². The lowest BCUT2D eigenvalue weighted by atomic mass is 10.2. The molecular weight excluding hydrogens is 323 g/mol. The fourth-order valence-electron chi connectivity index (χ4n) is 2.35. The van der Waals surface area contributed by atoms with E-state index in [9.17, 15) is 4.39 Å². The SMILES string of the molecule is CCOc1ccc(-c2cnc(CNCc3ccccc3F)s2)cc1. The van der Waals surface area contributed by atoms with Gasteiger partial charge >= 0.3 is 0 Å². The lowest BCUT2D eigenvalue weighted by Gasteiger charge is -2.04. The summed E-state index contributed by atoms with van der Waals surface area (Å²) in [5, 5.41) is 4.22. The van der Waals surface area contributed by atoms with E-state index in [4.69, 9.17) is 4.74 Å². The van der Waals surface area contributed by atoms with Gasteiger partial charge in [-0.2, -0.15) is 0 Å². The molecule has 0 saturated carbocycles. The van der Waals surface area contributed by atoms with Gasteiger partial charge in [-0.25, -0.2) is 9.37 Å². The monoisotopic (exact) mass is 342 g/mol. The number of benzene rings is 2. The quantitative estimate of drug-likeness (QED) is 0.679. The van der Waals surface area contributed by atoms with Crippen molar-refractivity contribution in [1.82, 2.24) is 10.3 Å². The first-order valence-electron chi connectivity index (χ1n) is 7.88. The highest BCUT2D eigenvalue weighted by molar-refractivity contribution is 7.15. The van der Waals surface area contributed by atoms with Gasteiger partial charge < -0.3 is 10.1 Å². The second-order valence-corrected chi connectivity index (χ2v) is 6.39. The predicted molar refractivity (Wildman–Crippen MR) is 95.7 cm³/mol. The molecule has 2 aromatic carbocycles. The van der Waals surface area contributed by atoms with E-state index < -0.39 is 0 Å². The molecule has 0 unspecified atom stereocenters. The Morgan fingerprint density at radius 2 is 1.88 bits per heavy atom. The van der Waals surface area contributed by atoms with Gasteiger partial charge in [0.2, 0.25) is 0 Å². The summed E-state index contributed by atoms with van der Waals surface area (Å²) in [6.45, 7) is 3.75. The number of aromatic nitrogens is 1. The van der Waals surface area contributed by atoms with Crippen LogP contribution in [0.25, 0.3) is 10.4 Å². The maximum Gasteiger partial charge on any atom is 0.127 e. The molecule has 1 N–H and O–H groups in total. The Hall–Kier alpha value is -2.24. The molecule has 0 saturated heterocycles. The van der Waals surface area contributed by atoms with Gasteiger partial charge in [0.05, 0.1) is 11.5 Å². The van der Waals surface area contributed by atoms with Crippen LogP contribution in [0.2, 0.25) is 0 Å². The van der Waals surface area contributed by atoms with E-state index in [2.05, 4.69) is 10.3 Å². The van der Waals surface area contributed by atoms with E-state index in [1.54, 1.807) is 23.5 Å². The van der Waals surface area contributed by atoms with Crippen molar-refractivity contribution in [3.8, 4) is 16.2 Å². The van der Waals surface area contributed by atoms with Crippen molar-refractivity contribution in [2.75, 3.05) is 6.61 Å². The Labute approximate surface area is 145 Å². The van der Waals surface area contributed by atoms with Crippen LogP contribution in [0, 0.1) is 5.82 Å². The highest BCUT2D eigenvalue weighted by Crippen LogP contribution is 2.27. The second kappa shape index (κ2) is 8.04. The summed E-state index contributed by atoms with van der Waals surface area (Å²) in [6, 6.07) is 14.8. The Bertz CT molecular complexity index is 786. The molecule has 0 radical (unpaired) electrons. The molecule has 0 bridgehead atoms. The fourth-order valence-corrected chi connectivity index (χ4v) is 3.25. The van der Waals surface area contributed by atoms with Gasteiger partial charge in [0, 0.05) is 24.8 Å². The Morgan fingerprint density at radius 3 is 2.62 bits per heavy atom. The average Bonchev–Trinajstić information content (AvgIpc) is 3.06. The minimum absolute atomic E-state index is 0.181. The molecule has 0 spiro atoms. The van der Waals surface area contributed by atoms with Crippen LogP contribution in [0.5, 0.6) is 5.75 Å². The predicted octanol–water partition coefficient (Wildman–Crippen LogP) is 4.64. The van der Waals surface area contributed by atoms with E-state index in [1.807, 2.05) is 43.5 Å². The van der Waals surface area contributed by atoms with Gasteiger partial charge in [-0.1, -0.05) is 18.2 Å². The van der Waals surface area contributed by atoms with Gasteiger partial charge in [0.25, 0.3) is 0 Å². The highest BCUT2D eigenvalue weighted by Gasteiger charge is 2.06. The fraction of sp³-hybridized carbons (Fsp3) is 0.211. The average molecular weight is 342 g/mol. The Balaban J connectivity index is 1.58. The zero-order valence-corrected chi connectivity index (χ0v) is 14.3. The van der Waals surface area contributed by atoms with Gasteiger partial charge in [0.15, 0.2) is 0 Å².